The summed E-state index contributed by atoms with van der Waals surface area (Å²) in [4.78, 5) is 23.5. The molecule has 0 bridgehead atoms. The second-order valence-corrected chi connectivity index (χ2v) is 5.93. The van der Waals surface area contributed by atoms with E-state index in [4.69, 9.17) is 10.5 Å². The molecule has 3 N–H and O–H groups in total. The van der Waals surface area contributed by atoms with Crippen LogP contribution in [0, 0.1) is 6.92 Å². The smallest absolute Gasteiger partial charge is 0.262 e. The van der Waals surface area contributed by atoms with Gasteiger partial charge in [-0.3, -0.25) is 9.59 Å². The first-order chi connectivity index (χ1) is 11.4. The van der Waals surface area contributed by atoms with Crippen molar-refractivity contribution in [3.8, 4) is 5.75 Å². The Morgan fingerprint density at radius 3 is 2.54 bits per heavy atom. The van der Waals surface area contributed by atoms with Gasteiger partial charge in [0.25, 0.3) is 11.8 Å². The van der Waals surface area contributed by atoms with Crippen LogP contribution >= 0.6 is 0 Å². The van der Waals surface area contributed by atoms with Crippen molar-refractivity contribution < 1.29 is 14.3 Å². The normalized spacial score (nSPS) is 10.5. The number of carbonyl (C=O) groups is 2. The van der Waals surface area contributed by atoms with Crippen LogP contribution in [0.3, 0.4) is 0 Å². The molecule has 5 nitrogen and oxygen atoms in total. The Morgan fingerprint density at radius 2 is 1.88 bits per heavy atom. The monoisotopic (exact) mass is 326 g/mol. The number of carbonyl (C=O) groups excluding carboxylic acids is 2. The van der Waals surface area contributed by atoms with Crippen LogP contribution < -0.4 is 15.8 Å². The summed E-state index contributed by atoms with van der Waals surface area (Å²) < 4.78 is 5.63. The molecule has 0 spiro atoms. The van der Waals surface area contributed by atoms with Crippen molar-refractivity contribution in [2.75, 3.05) is 11.9 Å². The summed E-state index contributed by atoms with van der Waals surface area (Å²) in [6, 6.07) is 12.6. The Hall–Kier alpha value is -2.82. The van der Waals surface area contributed by atoms with E-state index >= 15 is 0 Å². The molecule has 0 heterocycles. The number of nitrogens with two attached hydrogens (primary N) is 1. The fourth-order valence-electron chi connectivity index (χ4n) is 2.27. The Balaban J connectivity index is 2.04. The highest BCUT2D eigenvalue weighted by atomic mass is 16.5. The first-order valence-corrected chi connectivity index (χ1v) is 7.80. The molecular formula is C19H22N2O3. The molecule has 5 heteroatoms. The first kappa shape index (κ1) is 17.5. The predicted molar refractivity (Wildman–Crippen MR) is 94.4 cm³/mol. The molecule has 0 aliphatic rings. The first-order valence-electron chi connectivity index (χ1n) is 7.80. The maximum Gasteiger partial charge on any atom is 0.262 e. The van der Waals surface area contributed by atoms with Gasteiger partial charge in [0.15, 0.2) is 6.61 Å². The zero-order valence-corrected chi connectivity index (χ0v) is 14.1. The number of hydrogen-bond acceptors (Lipinski definition) is 3. The standard InChI is InChI=1S/C19H22N2O3/c1-12(2)14-9-8-13(3)17(10-14)24-11-18(22)21-16-7-5-4-6-15(16)19(20)23/h4-10,12H,11H2,1-3H3,(H2,20,23)(H,21,22). The Bertz CT molecular complexity index is 754. The summed E-state index contributed by atoms with van der Waals surface area (Å²) in [7, 11) is 0. The van der Waals surface area contributed by atoms with Crippen molar-refractivity contribution in [1.82, 2.24) is 0 Å². The lowest BCUT2D eigenvalue weighted by Crippen LogP contribution is -2.23. The van der Waals surface area contributed by atoms with E-state index in [0.29, 0.717) is 17.4 Å². The van der Waals surface area contributed by atoms with Crippen LogP contribution in [-0.4, -0.2) is 18.4 Å². The second-order valence-electron chi connectivity index (χ2n) is 5.93. The Labute approximate surface area is 141 Å². The van der Waals surface area contributed by atoms with Crippen molar-refractivity contribution in [2.24, 2.45) is 5.73 Å². The van der Waals surface area contributed by atoms with Crippen molar-refractivity contribution >= 4 is 17.5 Å². The molecule has 2 aromatic carbocycles. The molecule has 0 radical (unpaired) electrons. The van der Waals surface area contributed by atoms with Crippen molar-refractivity contribution in [3.63, 3.8) is 0 Å². The van der Waals surface area contributed by atoms with Gasteiger partial charge in [-0.05, 0) is 42.2 Å². The Morgan fingerprint density at radius 1 is 1.17 bits per heavy atom. The number of aryl methyl sites for hydroxylation is 1. The lowest BCUT2D eigenvalue weighted by Gasteiger charge is -2.13. The SMILES string of the molecule is Cc1ccc(C(C)C)cc1OCC(=O)Nc1ccccc1C(N)=O. The fraction of sp³-hybridized carbons (Fsp3) is 0.263. The van der Waals surface area contributed by atoms with E-state index < -0.39 is 5.91 Å². The largest absolute Gasteiger partial charge is 0.483 e. The molecule has 2 aromatic rings. The van der Waals surface area contributed by atoms with E-state index in [1.54, 1.807) is 24.3 Å². The van der Waals surface area contributed by atoms with Crippen molar-refractivity contribution in [3.05, 3.63) is 59.2 Å². The van der Waals surface area contributed by atoms with Gasteiger partial charge in [0, 0.05) is 0 Å². The zero-order valence-electron chi connectivity index (χ0n) is 14.1. The summed E-state index contributed by atoms with van der Waals surface area (Å²) in [6.07, 6.45) is 0. The number of rotatable bonds is 6. The van der Waals surface area contributed by atoms with Gasteiger partial charge in [-0.1, -0.05) is 38.1 Å². The molecule has 0 unspecified atom stereocenters. The quantitative estimate of drug-likeness (QED) is 0.855. The molecule has 24 heavy (non-hydrogen) atoms. The van der Waals surface area contributed by atoms with Gasteiger partial charge in [0.2, 0.25) is 0 Å². The lowest BCUT2D eigenvalue weighted by atomic mass is 10.0. The minimum absolute atomic E-state index is 0.143. The summed E-state index contributed by atoms with van der Waals surface area (Å²) >= 11 is 0. The summed E-state index contributed by atoms with van der Waals surface area (Å²) in [5.74, 6) is 0.120. The van der Waals surface area contributed by atoms with E-state index in [2.05, 4.69) is 25.2 Å². The van der Waals surface area contributed by atoms with Gasteiger partial charge in [-0.25, -0.2) is 0 Å². The van der Waals surface area contributed by atoms with E-state index in [-0.39, 0.29) is 18.1 Å². The fourth-order valence-corrected chi connectivity index (χ4v) is 2.27. The highest BCUT2D eigenvalue weighted by Gasteiger charge is 2.12. The van der Waals surface area contributed by atoms with Crippen LogP contribution in [0.25, 0.3) is 0 Å². The third-order valence-electron chi connectivity index (χ3n) is 3.70. The van der Waals surface area contributed by atoms with Crippen LogP contribution in [0.15, 0.2) is 42.5 Å². The zero-order chi connectivity index (χ0) is 17.7. The van der Waals surface area contributed by atoms with Crippen LogP contribution in [0.2, 0.25) is 0 Å². The molecule has 0 aliphatic heterocycles. The average molecular weight is 326 g/mol. The highest BCUT2D eigenvalue weighted by Crippen LogP contribution is 2.24. The third kappa shape index (κ3) is 4.35. The minimum atomic E-state index is -0.590. The van der Waals surface area contributed by atoms with Gasteiger partial charge >= 0.3 is 0 Å². The summed E-state index contributed by atoms with van der Waals surface area (Å²) in [5.41, 5.74) is 8.06. The molecule has 0 fully saturated rings. The number of nitrogens with one attached hydrogen (secondary N) is 1. The number of para-hydroxylation sites is 1. The number of ether oxygens (including phenoxy) is 1. The van der Waals surface area contributed by atoms with Crippen LogP contribution in [0.1, 0.15) is 41.3 Å². The van der Waals surface area contributed by atoms with Crippen LogP contribution in [-0.2, 0) is 4.79 Å². The molecule has 126 valence electrons. The molecule has 0 aliphatic carbocycles. The molecule has 0 saturated carbocycles. The van der Waals surface area contributed by atoms with Crippen LogP contribution in [0.4, 0.5) is 5.69 Å². The van der Waals surface area contributed by atoms with Crippen molar-refractivity contribution in [2.45, 2.75) is 26.7 Å². The lowest BCUT2D eigenvalue weighted by molar-refractivity contribution is -0.118. The average Bonchev–Trinajstić information content (AvgIpc) is 2.54. The van der Waals surface area contributed by atoms with Gasteiger partial charge in [-0.15, -0.1) is 0 Å². The molecule has 0 aromatic heterocycles. The maximum absolute atomic E-state index is 12.1. The minimum Gasteiger partial charge on any atom is -0.483 e. The Kier molecular flexibility index (Phi) is 5.58. The topological polar surface area (TPSA) is 81.4 Å². The molecule has 2 amide bonds. The van der Waals surface area contributed by atoms with Crippen molar-refractivity contribution in [1.29, 1.82) is 0 Å². The number of anilines is 1. The van der Waals surface area contributed by atoms with Crippen LogP contribution in [0.5, 0.6) is 5.75 Å². The molecule has 0 atom stereocenters. The molecule has 0 saturated heterocycles. The second kappa shape index (κ2) is 7.64. The summed E-state index contributed by atoms with van der Waals surface area (Å²) in [5, 5.41) is 2.65. The highest BCUT2D eigenvalue weighted by molar-refractivity contribution is 6.03. The summed E-state index contributed by atoms with van der Waals surface area (Å²) in [6.45, 7) is 5.99. The maximum atomic E-state index is 12.1. The van der Waals surface area contributed by atoms with E-state index in [1.807, 2.05) is 19.1 Å². The number of amides is 2. The van der Waals surface area contributed by atoms with Gasteiger partial charge in [-0.2, -0.15) is 0 Å². The molecule has 2 rings (SSSR count). The number of primary amides is 1. The van der Waals surface area contributed by atoms with Gasteiger partial charge in [0.05, 0.1) is 11.3 Å². The third-order valence-corrected chi connectivity index (χ3v) is 3.70. The van der Waals surface area contributed by atoms with Gasteiger partial charge < -0.3 is 15.8 Å². The molecular weight excluding hydrogens is 304 g/mol. The number of benzene rings is 2. The van der Waals surface area contributed by atoms with E-state index in [0.717, 1.165) is 11.1 Å². The van der Waals surface area contributed by atoms with Gasteiger partial charge in [0.1, 0.15) is 5.75 Å². The predicted octanol–water partition coefficient (Wildman–Crippen LogP) is 3.23. The van der Waals surface area contributed by atoms with E-state index in [1.165, 1.54) is 0 Å². The van der Waals surface area contributed by atoms with E-state index in [9.17, 15) is 9.59 Å². The number of hydrogen-bond donors (Lipinski definition) is 2.